The molecule has 1 aromatic carbocycles. The summed E-state index contributed by atoms with van der Waals surface area (Å²) in [6.07, 6.45) is -0.427. The lowest BCUT2D eigenvalue weighted by Gasteiger charge is -2.37. The summed E-state index contributed by atoms with van der Waals surface area (Å²) in [4.78, 5) is 25.4. The molecular formula is C14H18N2O3. The quantitative estimate of drug-likeness (QED) is 0.824. The first-order valence-corrected chi connectivity index (χ1v) is 6.32. The Morgan fingerprint density at radius 2 is 2.11 bits per heavy atom. The van der Waals surface area contributed by atoms with Crippen molar-refractivity contribution >= 4 is 11.8 Å². The number of aliphatic hydroxyl groups is 1. The number of carbonyl (C=O) groups excluding carboxylic acids is 2. The van der Waals surface area contributed by atoms with Crippen LogP contribution < -0.4 is 5.32 Å². The van der Waals surface area contributed by atoms with Crippen LogP contribution in [0.25, 0.3) is 0 Å². The van der Waals surface area contributed by atoms with Crippen molar-refractivity contribution in [1.29, 1.82) is 0 Å². The molecule has 1 saturated heterocycles. The fraction of sp³-hybridized carbons (Fsp3) is 0.429. The van der Waals surface area contributed by atoms with Crippen molar-refractivity contribution in [2.24, 2.45) is 0 Å². The second kappa shape index (κ2) is 5.40. The molecule has 2 rings (SSSR count). The Balaban J connectivity index is 1.93. The van der Waals surface area contributed by atoms with Crippen LogP contribution in [-0.2, 0) is 4.79 Å². The number of nitrogens with zero attached hydrogens (tertiary/aromatic N) is 1. The summed E-state index contributed by atoms with van der Waals surface area (Å²) in [6, 6.07) is 6.63. The topological polar surface area (TPSA) is 69.6 Å². The molecule has 2 amide bonds. The highest BCUT2D eigenvalue weighted by atomic mass is 16.3. The highest BCUT2D eigenvalue weighted by molar-refractivity contribution is 5.97. The average molecular weight is 262 g/mol. The Bertz CT molecular complexity index is 495. The van der Waals surface area contributed by atoms with Crippen LogP contribution in [0.5, 0.6) is 0 Å². The van der Waals surface area contributed by atoms with Crippen LogP contribution >= 0.6 is 0 Å². The molecule has 1 heterocycles. The Labute approximate surface area is 112 Å². The molecule has 1 aromatic rings. The van der Waals surface area contributed by atoms with Crippen molar-refractivity contribution in [3.05, 3.63) is 35.4 Å². The number of hydrogen-bond donors (Lipinski definition) is 2. The van der Waals surface area contributed by atoms with Crippen LogP contribution in [0.4, 0.5) is 0 Å². The van der Waals surface area contributed by atoms with Crippen LogP contribution in [-0.4, -0.2) is 47.1 Å². The summed E-state index contributed by atoms with van der Waals surface area (Å²) in [5.41, 5.74) is 1.54. The zero-order valence-corrected chi connectivity index (χ0v) is 11.1. The maximum Gasteiger partial charge on any atom is 0.251 e. The molecule has 0 saturated carbocycles. The molecule has 0 aliphatic carbocycles. The zero-order chi connectivity index (χ0) is 14.0. The molecule has 5 heteroatoms. The molecule has 0 aromatic heterocycles. The number of aryl methyl sites for hydroxylation is 1. The molecule has 5 nitrogen and oxygen atoms in total. The largest absolute Gasteiger partial charge is 0.389 e. The van der Waals surface area contributed by atoms with Gasteiger partial charge >= 0.3 is 0 Å². The van der Waals surface area contributed by atoms with Gasteiger partial charge in [0.2, 0.25) is 5.91 Å². The van der Waals surface area contributed by atoms with Gasteiger partial charge in [-0.05, 0) is 26.0 Å². The van der Waals surface area contributed by atoms with Crippen LogP contribution in [0.3, 0.4) is 0 Å². The minimum Gasteiger partial charge on any atom is -0.389 e. The second-order valence-electron chi connectivity index (χ2n) is 4.96. The van der Waals surface area contributed by atoms with Gasteiger partial charge in [0.05, 0.1) is 6.10 Å². The number of aliphatic hydroxyl groups excluding tert-OH is 1. The fourth-order valence-electron chi connectivity index (χ4n) is 2.04. The van der Waals surface area contributed by atoms with Crippen molar-refractivity contribution in [2.75, 3.05) is 13.1 Å². The molecule has 1 aliphatic rings. The van der Waals surface area contributed by atoms with Gasteiger partial charge in [-0.15, -0.1) is 0 Å². The summed E-state index contributed by atoms with van der Waals surface area (Å²) in [5, 5.41) is 11.8. The molecular weight excluding hydrogens is 244 g/mol. The Kier molecular flexibility index (Phi) is 3.85. The minimum atomic E-state index is -0.583. The third-order valence-corrected chi connectivity index (χ3v) is 3.17. The van der Waals surface area contributed by atoms with Crippen molar-refractivity contribution < 1.29 is 14.7 Å². The van der Waals surface area contributed by atoms with E-state index in [9.17, 15) is 9.59 Å². The van der Waals surface area contributed by atoms with E-state index in [1.807, 2.05) is 19.1 Å². The Hall–Kier alpha value is -1.88. The van der Waals surface area contributed by atoms with Crippen LogP contribution in [0.2, 0.25) is 0 Å². The predicted molar refractivity (Wildman–Crippen MR) is 70.7 cm³/mol. The van der Waals surface area contributed by atoms with E-state index in [1.54, 1.807) is 19.1 Å². The molecule has 0 radical (unpaired) electrons. The number of benzene rings is 1. The number of amides is 2. The summed E-state index contributed by atoms with van der Waals surface area (Å²) < 4.78 is 0. The minimum absolute atomic E-state index is 0.161. The normalized spacial score (nSPS) is 16.7. The Morgan fingerprint density at radius 3 is 2.68 bits per heavy atom. The van der Waals surface area contributed by atoms with Gasteiger partial charge in [0, 0.05) is 18.7 Å². The standard InChI is InChI=1S/C14H18N2O3/c1-9-4-3-5-11(6-9)13(18)15-10(2)14(19)16-7-12(17)8-16/h3-6,10,12,17H,7-8H2,1-2H3,(H,15,18). The molecule has 19 heavy (non-hydrogen) atoms. The van der Waals surface area contributed by atoms with E-state index in [1.165, 1.54) is 4.90 Å². The summed E-state index contributed by atoms with van der Waals surface area (Å²) in [5.74, 6) is -0.420. The van der Waals surface area contributed by atoms with Crippen molar-refractivity contribution in [2.45, 2.75) is 26.0 Å². The van der Waals surface area contributed by atoms with Crippen molar-refractivity contribution in [3.63, 3.8) is 0 Å². The summed E-state index contributed by atoms with van der Waals surface area (Å²) >= 11 is 0. The van der Waals surface area contributed by atoms with Gasteiger partial charge in [-0.3, -0.25) is 9.59 Å². The lowest BCUT2D eigenvalue weighted by Crippen LogP contribution is -2.58. The first-order chi connectivity index (χ1) is 8.97. The second-order valence-corrected chi connectivity index (χ2v) is 4.96. The highest BCUT2D eigenvalue weighted by Gasteiger charge is 2.32. The fourth-order valence-corrected chi connectivity index (χ4v) is 2.04. The maximum atomic E-state index is 12.0. The number of hydrogen-bond acceptors (Lipinski definition) is 3. The highest BCUT2D eigenvalue weighted by Crippen LogP contribution is 2.10. The SMILES string of the molecule is Cc1cccc(C(=O)NC(C)C(=O)N2CC(O)C2)c1. The van der Waals surface area contributed by atoms with E-state index < -0.39 is 12.1 Å². The first-order valence-electron chi connectivity index (χ1n) is 6.32. The first kappa shape index (κ1) is 13.5. The van der Waals surface area contributed by atoms with Crippen molar-refractivity contribution in [3.8, 4) is 0 Å². The van der Waals surface area contributed by atoms with Gasteiger partial charge in [-0.2, -0.15) is 0 Å². The maximum absolute atomic E-state index is 12.0. The van der Waals surface area contributed by atoms with Gasteiger partial charge in [-0.1, -0.05) is 17.7 Å². The van der Waals surface area contributed by atoms with Crippen LogP contribution in [0.1, 0.15) is 22.8 Å². The lowest BCUT2D eigenvalue weighted by molar-refractivity contribution is -0.142. The van der Waals surface area contributed by atoms with E-state index in [0.717, 1.165) is 5.56 Å². The predicted octanol–water partition coefficient (Wildman–Crippen LogP) is 0.316. The molecule has 1 aliphatic heterocycles. The number of likely N-dealkylation sites (tertiary alicyclic amines) is 1. The molecule has 2 N–H and O–H groups in total. The number of β-amino-alcohol motifs (C(OH)–C–C–N with tert-alkyl or cyclic N) is 1. The molecule has 0 bridgehead atoms. The van der Waals surface area contributed by atoms with Gasteiger partial charge in [-0.25, -0.2) is 0 Å². The van der Waals surface area contributed by atoms with Gasteiger partial charge < -0.3 is 15.3 Å². The monoisotopic (exact) mass is 262 g/mol. The third-order valence-electron chi connectivity index (χ3n) is 3.17. The third kappa shape index (κ3) is 3.12. The Morgan fingerprint density at radius 1 is 1.42 bits per heavy atom. The molecule has 0 spiro atoms. The molecule has 1 fully saturated rings. The number of rotatable bonds is 3. The number of carbonyl (C=O) groups is 2. The van der Waals surface area contributed by atoms with Gasteiger partial charge in [0.15, 0.2) is 0 Å². The smallest absolute Gasteiger partial charge is 0.251 e. The van der Waals surface area contributed by atoms with E-state index in [2.05, 4.69) is 5.32 Å². The average Bonchev–Trinajstić information content (AvgIpc) is 2.34. The van der Waals surface area contributed by atoms with E-state index in [0.29, 0.717) is 18.7 Å². The van der Waals surface area contributed by atoms with E-state index in [-0.39, 0.29) is 11.8 Å². The summed E-state index contributed by atoms with van der Waals surface area (Å²) in [6.45, 7) is 4.26. The molecule has 102 valence electrons. The number of nitrogens with one attached hydrogen (secondary N) is 1. The molecule has 1 unspecified atom stereocenters. The van der Waals surface area contributed by atoms with Gasteiger partial charge in [0.1, 0.15) is 6.04 Å². The summed E-state index contributed by atoms with van der Waals surface area (Å²) in [7, 11) is 0. The van der Waals surface area contributed by atoms with E-state index >= 15 is 0 Å². The van der Waals surface area contributed by atoms with Crippen LogP contribution in [0.15, 0.2) is 24.3 Å². The van der Waals surface area contributed by atoms with Gasteiger partial charge in [0.25, 0.3) is 5.91 Å². The zero-order valence-electron chi connectivity index (χ0n) is 11.1. The molecule has 1 atom stereocenters. The van der Waals surface area contributed by atoms with E-state index in [4.69, 9.17) is 5.11 Å². The lowest BCUT2D eigenvalue weighted by atomic mass is 10.1. The van der Waals surface area contributed by atoms with Crippen LogP contribution in [0, 0.1) is 6.92 Å². The van der Waals surface area contributed by atoms with Crippen molar-refractivity contribution in [1.82, 2.24) is 10.2 Å².